The molecule has 0 aliphatic carbocycles. The molecule has 4 N–H and O–H groups in total. The van der Waals surface area contributed by atoms with E-state index in [0.29, 0.717) is 16.7 Å². The molecule has 0 saturated heterocycles. The van der Waals surface area contributed by atoms with Crippen LogP contribution in [-0.2, 0) is 4.79 Å². The minimum absolute atomic E-state index is 0.00163. The highest BCUT2D eigenvalue weighted by atomic mass is 35.5. The summed E-state index contributed by atoms with van der Waals surface area (Å²) in [5.41, 5.74) is 0.669. The molecular weight excluding hydrogens is 452 g/mol. The van der Waals surface area contributed by atoms with E-state index in [1.54, 1.807) is 6.07 Å². The first kappa shape index (κ1) is 20.7. The van der Waals surface area contributed by atoms with E-state index < -0.39 is 28.8 Å². The number of carbonyl (C=O) groups excluding carboxylic acids is 1. The van der Waals surface area contributed by atoms with Crippen LogP contribution in [0.2, 0.25) is 5.02 Å². The highest BCUT2D eigenvalue weighted by Gasteiger charge is 2.34. The molecule has 2 heterocycles. The molecule has 4 aromatic rings. The molecule has 1 aliphatic rings. The summed E-state index contributed by atoms with van der Waals surface area (Å²) in [6.07, 6.45) is -0.0953. The zero-order valence-corrected chi connectivity index (χ0v) is 17.5. The second-order valence-corrected chi connectivity index (χ2v) is 8.04. The first-order valence-corrected chi connectivity index (χ1v) is 10.2. The average Bonchev–Trinajstić information content (AvgIpc) is 2.76. The van der Waals surface area contributed by atoms with E-state index in [1.807, 2.05) is 0 Å². The van der Waals surface area contributed by atoms with Gasteiger partial charge in [-0.3, -0.25) is 9.59 Å². The van der Waals surface area contributed by atoms with Gasteiger partial charge in [-0.25, -0.2) is 0 Å². The van der Waals surface area contributed by atoms with Crippen LogP contribution in [0.4, 0.5) is 0 Å². The number of hydrogen-bond acceptors (Lipinski definition) is 8. The van der Waals surface area contributed by atoms with Gasteiger partial charge in [0.15, 0.2) is 16.9 Å². The molecule has 5 rings (SSSR count). The summed E-state index contributed by atoms with van der Waals surface area (Å²) in [6, 6.07) is 10.7. The van der Waals surface area contributed by atoms with Crippen LogP contribution in [0.5, 0.6) is 28.7 Å². The standard InChI is InChI=1S/C24H15ClO8/c25-13-5-10(1-3-14(13)26)12-7-21(31)32-20-9-18(30)23-17(29)8-19(33-24(23)22(12)20)11-2-4-15(27)16(28)6-11/h1-6,8-9,12,26-28,30H,7H2/t12-/m1/s1. The first-order chi connectivity index (χ1) is 15.7. The van der Waals surface area contributed by atoms with Crippen molar-refractivity contribution in [1.29, 1.82) is 0 Å². The number of fused-ring (bicyclic) bond motifs is 3. The maximum absolute atomic E-state index is 12.9. The Morgan fingerprint density at radius 1 is 0.848 bits per heavy atom. The number of halogens is 1. The van der Waals surface area contributed by atoms with Crippen LogP contribution >= 0.6 is 11.6 Å². The van der Waals surface area contributed by atoms with Crippen molar-refractivity contribution in [2.24, 2.45) is 0 Å². The van der Waals surface area contributed by atoms with E-state index in [4.69, 9.17) is 20.8 Å². The Morgan fingerprint density at radius 3 is 2.33 bits per heavy atom. The molecule has 9 heteroatoms. The van der Waals surface area contributed by atoms with Crippen LogP contribution in [0.1, 0.15) is 23.5 Å². The summed E-state index contributed by atoms with van der Waals surface area (Å²) in [4.78, 5) is 25.2. The van der Waals surface area contributed by atoms with E-state index in [9.17, 15) is 30.0 Å². The minimum atomic E-state index is -0.644. The van der Waals surface area contributed by atoms with Gasteiger partial charge in [0.1, 0.15) is 34.0 Å². The molecular formula is C24H15ClO8. The van der Waals surface area contributed by atoms with Gasteiger partial charge in [-0.05, 0) is 35.9 Å². The fourth-order valence-electron chi connectivity index (χ4n) is 4.00. The van der Waals surface area contributed by atoms with Gasteiger partial charge in [-0.1, -0.05) is 17.7 Å². The van der Waals surface area contributed by atoms with Gasteiger partial charge in [-0.15, -0.1) is 0 Å². The molecule has 1 aromatic heterocycles. The molecule has 166 valence electrons. The van der Waals surface area contributed by atoms with Crippen molar-refractivity contribution in [3.8, 4) is 40.1 Å². The molecule has 0 unspecified atom stereocenters. The largest absolute Gasteiger partial charge is 0.507 e. The fourth-order valence-corrected chi connectivity index (χ4v) is 4.19. The Morgan fingerprint density at radius 2 is 1.61 bits per heavy atom. The predicted molar refractivity (Wildman–Crippen MR) is 118 cm³/mol. The third kappa shape index (κ3) is 3.41. The number of hydrogen-bond donors (Lipinski definition) is 4. The van der Waals surface area contributed by atoms with Gasteiger partial charge in [0.2, 0.25) is 0 Å². The summed E-state index contributed by atoms with van der Waals surface area (Å²) in [6.45, 7) is 0. The molecule has 0 fully saturated rings. The molecule has 8 nitrogen and oxygen atoms in total. The third-order valence-electron chi connectivity index (χ3n) is 5.56. The number of rotatable bonds is 2. The van der Waals surface area contributed by atoms with Crippen molar-refractivity contribution in [3.05, 3.63) is 74.9 Å². The molecule has 33 heavy (non-hydrogen) atoms. The van der Waals surface area contributed by atoms with Crippen molar-refractivity contribution in [1.82, 2.24) is 0 Å². The maximum atomic E-state index is 12.9. The second-order valence-electron chi connectivity index (χ2n) is 7.63. The highest BCUT2D eigenvalue weighted by molar-refractivity contribution is 6.32. The summed E-state index contributed by atoms with van der Waals surface area (Å²) < 4.78 is 11.3. The number of esters is 1. The normalized spacial score (nSPS) is 15.3. The lowest BCUT2D eigenvalue weighted by Crippen LogP contribution is -2.22. The Balaban J connectivity index is 1.82. The number of phenols is 4. The van der Waals surface area contributed by atoms with Crippen molar-refractivity contribution < 1.29 is 34.4 Å². The maximum Gasteiger partial charge on any atom is 0.312 e. The van der Waals surface area contributed by atoms with Crippen LogP contribution in [0.15, 0.2) is 57.7 Å². The van der Waals surface area contributed by atoms with Gasteiger partial charge in [-0.2, -0.15) is 0 Å². The Hall–Kier alpha value is -4.17. The number of ether oxygens (including phenoxy) is 1. The molecule has 0 saturated carbocycles. The van der Waals surface area contributed by atoms with Crippen LogP contribution in [0.25, 0.3) is 22.3 Å². The van der Waals surface area contributed by atoms with E-state index in [1.165, 1.54) is 36.4 Å². The smallest absolute Gasteiger partial charge is 0.312 e. The Bertz CT molecular complexity index is 1520. The van der Waals surface area contributed by atoms with E-state index in [2.05, 4.69) is 0 Å². The van der Waals surface area contributed by atoms with Gasteiger partial charge in [0.25, 0.3) is 0 Å². The summed E-state index contributed by atoms with van der Waals surface area (Å²) >= 11 is 6.07. The summed E-state index contributed by atoms with van der Waals surface area (Å²) in [5, 5.41) is 39.7. The molecule has 3 aromatic carbocycles. The molecule has 0 radical (unpaired) electrons. The zero-order chi connectivity index (χ0) is 23.4. The molecule has 0 bridgehead atoms. The SMILES string of the molecule is O=C1C[C@H](c2ccc(O)c(Cl)c2)c2c(cc(O)c3c(=O)cc(-c4ccc(O)c(O)c4)oc23)O1. The van der Waals surface area contributed by atoms with Crippen molar-refractivity contribution in [2.75, 3.05) is 0 Å². The van der Waals surface area contributed by atoms with Crippen molar-refractivity contribution >= 4 is 28.5 Å². The van der Waals surface area contributed by atoms with Crippen LogP contribution in [-0.4, -0.2) is 26.4 Å². The number of phenolic OH excluding ortho intramolecular Hbond substituents is 4. The lowest BCUT2D eigenvalue weighted by Gasteiger charge is -2.26. The topological polar surface area (TPSA) is 137 Å². The Labute approximate surface area is 190 Å². The fraction of sp³-hybridized carbons (Fsp3) is 0.0833. The quantitative estimate of drug-likeness (QED) is 0.194. The average molecular weight is 467 g/mol. The molecule has 1 aliphatic heterocycles. The Kier molecular flexibility index (Phi) is 4.68. The van der Waals surface area contributed by atoms with Gasteiger partial charge < -0.3 is 29.6 Å². The molecule has 1 atom stereocenters. The lowest BCUT2D eigenvalue weighted by molar-refractivity contribution is -0.135. The monoisotopic (exact) mass is 466 g/mol. The van der Waals surface area contributed by atoms with Crippen LogP contribution in [0.3, 0.4) is 0 Å². The van der Waals surface area contributed by atoms with Gasteiger partial charge >= 0.3 is 5.97 Å². The highest BCUT2D eigenvalue weighted by Crippen LogP contribution is 2.46. The van der Waals surface area contributed by atoms with E-state index >= 15 is 0 Å². The predicted octanol–water partition coefficient (Wildman–Crippen LogP) is 4.38. The van der Waals surface area contributed by atoms with Crippen LogP contribution in [0, 0.1) is 0 Å². The summed E-state index contributed by atoms with van der Waals surface area (Å²) in [5.74, 6) is -2.40. The zero-order valence-electron chi connectivity index (χ0n) is 16.7. The van der Waals surface area contributed by atoms with Crippen molar-refractivity contribution in [3.63, 3.8) is 0 Å². The van der Waals surface area contributed by atoms with Crippen molar-refractivity contribution in [2.45, 2.75) is 12.3 Å². The molecule has 0 amide bonds. The van der Waals surface area contributed by atoms with E-state index in [-0.39, 0.29) is 45.4 Å². The van der Waals surface area contributed by atoms with Crippen LogP contribution < -0.4 is 10.2 Å². The summed E-state index contributed by atoms with van der Waals surface area (Å²) in [7, 11) is 0. The molecule has 0 spiro atoms. The van der Waals surface area contributed by atoms with Gasteiger partial charge in [0, 0.05) is 29.2 Å². The van der Waals surface area contributed by atoms with E-state index in [0.717, 1.165) is 6.07 Å². The third-order valence-corrected chi connectivity index (χ3v) is 5.86. The minimum Gasteiger partial charge on any atom is -0.507 e. The number of benzene rings is 3. The lowest BCUT2D eigenvalue weighted by atomic mass is 9.85. The first-order valence-electron chi connectivity index (χ1n) is 9.78. The van der Waals surface area contributed by atoms with Gasteiger partial charge in [0.05, 0.1) is 11.4 Å². The second kappa shape index (κ2) is 7.46. The number of aromatic hydroxyl groups is 4. The number of carbonyl (C=O) groups is 1.